The average molecular weight is 397 g/mol. The molecule has 0 heterocycles. The first-order valence-electron chi connectivity index (χ1n) is 10.0. The minimum Gasteiger partial charge on any atom is -0.494 e. The van der Waals surface area contributed by atoms with Crippen molar-refractivity contribution in [3.05, 3.63) is 61.2 Å². The van der Waals surface area contributed by atoms with Crippen molar-refractivity contribution in [2.24, 2.45) is 0 Å². The second-order valence-electron chi connectivity index (χ2n) is 8.32. The summed E-state index contributed by atoms with van der Waals surface area (Å²) in [6.07, 6.45) is 2.71. The molecule has 0 bridgehead atoms. The van der Waals surface area contributed by atoms with Gasteiger partial charge in [-0.2, -0.15) is 0 Å². The lowest BCUT2D eigenvalue weighted by molar-refractivity contribution is -0.154. The topological polar surface area (TPSA) is 44.8 Å². The van der Waals surface area contributed by atoms with Gasteiger partial charge < -0.3 is 14.2 Å². The van der Waals surface area contributed by atoms with Crippen molar-refractivity contribution in [3.63, 3.8) is 0 Å². The average Bonchev–Trinajstić information content (AvgIpc) is 2.65. The molecule has 4 heteroatoms. The van der Waals surface area contributed by atoms with E-state index in [-0.39, 0.29) is 0 Å². The first kappa shape index (κ1) is 22.5. The summed E-state index contributed by atoms with van der Waals surface area (Å²) in [6.45, 7) is 14.0. The molecule has 0 spiro atoms. The Morgan fingerprint density at radius 3 is 1.90 bits per heavy atom. The van der Waals surface area contributed by atoms with Crippen molar-refractivity contribution in [2.45, 2.75) is 58.7 Å². The van der Waals surface area contributed by atoms with E-state index in [1.807, 2.05) is 64.1 Å². The fraction of sp³-hybridized carbons (Fsp3) is 0.400. The van der Waals surface area contributed by atoms with E-state index >= 15 is 0 Å². The number of rotatable bonds is 10. The van der Waals surface area contributed by atoms with Crippen molar-refractivity contribution >= 4 is 5.97 Å². The third-order valence-corrected chi connectivity index (χ3v) is 4.30. The Bertz CT molecular complexity index is 802. The van der Waals surface area contributed by atoms with Crippen molar-refractivity contribution in [2.75, 3.05) is 6.61 Å². The van der Waals surface area contributed by atoms with Gasteiger partial charge in [0.1, 0.15) is 22.7 Å². The van der Waals surface area contributed by atoms with Crippen LogP contribution in [0.3, 0.4) is 0 Å². The third-order valence-electron chi connectivity index (χ3n) is 4.30. The summed E-state index contributed by atoms with van der Waals surface area (Å²) in [5.41, 5.74) is 1.07. The molecular weight excluding hydrogens is 364 g/mol. The molecule has 0 aromatic heterocycles. The van der Waals surface area contributed by atoms with Gasteiger partial charge >= 0.3 is 5.97 Å². The molecule has 156 valence electrons. The molecule has 0 radical (unpaired) electrons. The fourth-order valence-corrected chi connectivity index (χ4v) is 3.41. The van der Waals surface area contributed by atoms with Gasteiger partial charge in [0, 0.05) is 12.5 Å². The Hall–Kier alpha value is -2.75. The van der Waals surface area contributed by atoms with Crippen molar-refractivity contribution in [3.8, 4) is 22.6 Å². The minimum atomic E-state index is -0.656. The summed E-state index contributed by atoms with van der Waals surface area (Å²) in [4.78, 5) is 11.5. The van der Waals surface area contributed by atoms with E-state index in [9.17, 15) is 4.79 Å². The molecule has 2 aromatic rings. The SMILES string of the molecule is C=CC(=O)OC(C)(C)CC(C)(C)Oc1ccc(-c2ccc(OCCC)cc2)cc1. The van der Waals surface area contributed by atoms with Crippen LogP contribution in [0.2, 0.25) is 0 Å². The predicted octanol–water partition coefficient (Wildman–Crippen LogP) is 6.20. The summed E-state index contributed by atoms with van der Waals surface area (Å²) in [6, 6.07) is 16.1. The van der Waals surface area contributed by atoms with Crippen LogP contribution in [0, 0.1) is 0 Å². The van der Waals surface area contributed by atoms with Crippen LogP contribution in [0.5, 0.6) is 11.5 Å². The van der Waals surface area contributed by atoms with Gasteiger partial charge in [-0.1, -0.05) is 37.8 Å². The van der Waals surface area contributed by atoms with Gasteiger partial charge in [-0.3, -0.25) is 0 Å². The summed E-state index contributed by atoms with van der Waals surface area (Å²) in [5, 5.41) is 0. The number of carbonyl (C=O) groups is 1. The van der Waals surface area contributed by atoms with Crippen molar-refractivity contribution in [1.82, 2.24) is 0 Å². The van der Waals surface area contributed by atoms with Crippen LogP contribution in [-0.4, -0.2) is 23.8 Å². The molecule has 0 amide bonds. The van der Waals surface area contributed by atoms with Gasteiger partial charge in [-0.25, -0.2) is 4.79 Å². The molecule has 29 heavy (non-hydrogen) atoms. The highest BCUT2D eigenvalue weighted by Gasteiger charge is 2.33. The van der Waals surface area contributed by atoms with Crippen LogP contribution in [0.15, 0.2) is 61.2 Å². The van der Waals surface area contributed by atoms with E-state index < -0.39 is 17.2 Å². The molecule has 0 aliphatic heterocycles. The van der Waals surface area contributed by atoms with Crippen LogP contribution in [0.25, 0.3) is 11.1 Å². The van der Waals surface area contributed by atoms with E-state index in [0.29, 0.717) is 6.42 Å². The molecule has 0 N–H and O–H groups in total. The Morgan fingerprint density at radius 2 is 1.41 bits per heavy atom. The molecule has 0 saturated heterocycles. The highest BCUT2D eigenvalue weighted by atomic mass is 16.6. The Balaban J connectivity index is 2.02. The van der Waals surface area contributed by atoms with E-state index in [1.54, 1.807) is 0 Å². The summed E-state index contributed by atoms with van der Waals surface area (Å²) in [7, 11) is 0. The monoisotopic (exact) mass is 396 g/mol. The van der Waals surface area contributed by atoms with E-state index in [4.69, 9.17) is 14.2 Å². The Labute approximate surface area is 174 Å². The molecule has 4 nitrogen and oxygen atoms in total. The minimum absolute atomic E-state index is 0.429. The van der Waals surface area contributed by atoms with Crippen LogP contribution in [0.1, 0.15) is 47.5 Å². The van der Waals surface area contributed by atoms with E-state index in [1.165, 1.54) is 6.08 Å². The highest BCUT2D eigenvalue weighted by molar-refractivity contribution is 5.81. The predicted molar refractivity (Wildman–Crippen MR) is 117 cm³/mol. The summed E-state index contributed by atoms with van der Waals surface area (Å²) < 4.78 is 17.2. The molecule has 0 saturated carbocycles. The number of esters is 1. The van der Waals surface area contributed by atoms with E-state index in [0.717, 1.165) is 35.7 Å². The lowest BCUT2D eigenvalue weighted by Gasteiger charge is -2.34. The summed E-state index contributed by atoms with van der Waals surface area (Å²) in [5.74, 6) is 1.23. The van der Waals surface area contributed by atoms with Gasteiger partial charge in [0.15, 0.2) is 0 Å². The van der Waals surface area contributed by atoms with Gasteiger partial charge in [0.2, 0.25) is 0 Å². The maximum absolute atomic E-state index is 11.5. The number of hydrogen-bond donors (Lipinski definition) is 0. The largest absolute Gasteiger partial charge is 0.494 e. The second-order valence-corrected chi connectivity index (χ2v) is 8.32. The zero-order chi connectivity index (χ0) is 21.5. The molecule has 2 aromatic carbocycles. The fourth-order valence-electron chi connectivity index (χ4n) is 3.41. The van der Waals surface area contributed by atoms with Crippen LogP contribution in [0.4, 0.5) is 0 Å². The maximum Gasteiger partial charge on any atom is 0.330 e. The second kappa shape index (κ2) is 9.64. The molecule has 0 unspecified atom stereocenters. The van der Waals surface area contributed by atoms with Crippen molar-refractivity contribution in [1.29, 1.82) is 0 Å². The normalized spacial score (nSPS) is 11.6. The van der Waals surface area contributed by atoms with E-state index in [2.05, 4.69) is 25.6 Å². The zero-order valence-electron chi connectivity index (χ0n) is 18.2. The molecular formula is C25H32O4. The number of ether oxygens (including phenoxy) is 3. The van der Waals surface area contributed by atoms with Gasteiger partial charge in [-0.05, 0) is 69.5 Å². The number of carbonyl (C=O) groups excluding carboxylic acids is 1. The van der Waals surface area contributed by atoms with Crippen LogP contribution in [-0.2, 0) is 9.53 Å². The molecule has 0 aliphatic rings. The zero-order valence-corrected chi connectivity index (χ0v) is 18.2. The van der Waals surface area contributed by atoms with Crippen LogP contribution >= 0.6 is 0 Å². The Kier molecular flexibility index (Phi) is 7.49. The summed E-state index contributed by atoms with van der Waals surface area (Å²) >= 11 is 0. The van der Waals surface area contributed by atoms with Gasteiger partial charge in [-0.15, -0.1) is 0 Å². The first-order chi connectivity index (χ1) is 13.6. The quantitative estimate of drug-likeness (QED) is 0.354. The van der Waals surface area contributed by atoms with Gasteiger partial charge in [0.05, 0.1) is 6.61 Å². The lowest BCUT2D eigenvalue weighted by Crippen LogP contribution is -2.40. The first-order valence-corrected chi connectivity index (χ1v) is 10.0. The lowest BCUT2D eigenvalue weighted by atomic mass is 9.92. The molecule has 2 rings (SSSR count). The Morgan fingerprint density at radius 1 is 0.897 bits per heavy atom. The molecule has 0 aliphatic carbocycles. The number of benzene rings is 2. The molecule has 0 atom stereocenters. The van der Waals surface area contributed by atoms with Crippen LogP contribution < -0.4 is 9.47 Å². The smallest absolute Gasteiger partial charge is 0.330 e. The number of hydrogen-bond acceptors (Lipinski definition) is 4. The maximum atomic E-state index is 11.5. The third kappa shape index (κ3) is 7.30. The van der Waals surface area contributed by atoms with Crippen molar-refractivity contribution < 1.29 is 19.0 Å². The molecule has 0 fully saturated rings. The van der Waals surface area contributed by atoms with Gasteiger partial charge in [0.25, 0.3) is 0 Å². The standard InChI is InChI=1S/C25H32O4/c1-7-17-27-21-13-9-19(10-14-21)20-11-15-22(16-12-20)28-24(3,4)18-25(5,6)29-23(26)8-2/h8-16H,2,7,17-18H2,1,3-6H3. The highest BCUT2D eigenvalue weighted by Crippen LogP contribution is 2.30.